The van der Waals surface area contributed by atoms with Gasteiger partial charge in [0.15, 0.2) is 0 Å². The van der Waals surface area contributed by atoms with Gasteiger partial charge < -0.3 is 10.6 Å². The Hall–Kier alpha value is -0.860. The summed E-state index contributed by atoms with van der Waals surface area (Å²) in [5.74, 6) is 0. The Balaban J connectivity index is 1.80. The first-order valence-electron chi connectivity index (χ1n) is 5.77. The smallest absolute Gasteiger partial charge is 0.0180 e. The molecular weight excluding hydrogens is 184 g/mol. The molecule has 2 nitrogen and oxygen atoms in total. The van der Waals surface area contributed by atoms with E-state index >= 15 is 0 Å². The molecule has 0 radical (unpaired) electrons. The lowest BCUT2D eigenvalue weighted by Gasteiger charge is -2.14. The molecule has 0 aliphatic carbocycles. The Morgan fingerprint density at radius 3 is 2.67 bits per heavy atom. The molecule has 2 N–H and O–H groups in total. The van der Waals surface area contributed by atoms with Crippen LogP contribution in [0.25, 0.3) is 0 Å². The monoisotopic (exact) mass is 204 g/mol. The molecule has 2 heteroatoms. The zero-order chi connectivity index (χ0) is 10.7. The van der Waals surface area contributed by atoms with Crippen molar-refractivity contribution in [2.75, 3.05) is 19.6 Å². The first-order chi connectivity index (χ1) is 7.24. The number of likely N-dealkylation sites (tertiary alicyclic amines) is 1. The molecule has 0 bridgehead atoms. The molecule has 1 aromatic carbocycles. The number of hydrogen-bond donors (Lipinski definition) is 1. The lowest BCUT2D eigenvalue weighted by Crippen LogP contribution is -2.28. The van der Waals surface area contributed by atoms with Crippen LogP contribution in [-0.4, -0.2) is 30.6 Å². The molecule has 0 saturated carbocycles. The van der Waals surface area contributed by atoms with Crippen LogP contribution in [0.1, 0.15) is 17.5 Å². The van der Waals surface area contributed by atoms with Crippen molar-refractivity contribution < 1.29 is 0 Å². The minimum Gasteiger partial charge on any atom is -0.326 e. The molecule has 0 unspecified atom stereocenters. The summed E-state index contributed by atoms with van der Waals surface area (Å²) in [4.78, 5) is 2.46. The van der Waals surface area contributed by atoms with E-state index in [1.165, 1.54) is 17.7 Å². The highest BCUT2D eigenvalue weighted by atomic mass is 15.2. The van der Waals surface area contributed by atoms with Crippen molar-refractivity contribution >= 4 is 0 Å². The molecule has 0 aromatic heterocycles. The van der Waals surface area contributed by atoms with Crippen molar-refractivity contribution in [3.8, 4) is 0 Å². The summed E-state index contributed by atoms with van der Waals surface area (Å²) in [6.45, 7) is 5.53. The van der Waals surface area contributed by atoms with Crippen LogP contribution in [0, 0.1) is 6.92 Å². The van der Waals surface area contributed by atoms with Gasteiger partial charge in [-0.15, -0.1) is 0 Å². The lowest BCUT2D eigenvalue weighted by molar-refractivity contribution is 0.339. The highest BCUT2D eigenvalue weighted by Gasteiger charge is 2.17. The minimum atomic E-state index is 0.406. The van der Waals surface area contributed by atoms with E-state index in [0.717, 1.165) is 25.9 Å². The average Bonchev–Trinajstić information content (AvgIpc) is 2.64. The molecule has 0 spiro atoms. The van der Waals surface area contributed by atoms with E-state index in [-0.39, 0.29) is 0 Å². The van der Waals surface area contributed by atoms with Gasteiger partial charge in [0.05, 0.1) is 0 Å². The predicted octanol–water partition coefficient (Wildman–Crippen LogP) is 1.57. The fourth-order valence-electron chi connectivity index (χ4n) is 2.11. The molecule has 1 atom stereocenters. The number of hydrogen-bond acceptors (Lipinski definition) is 2. The summed E-state index contributed by atoms with van der Waals surface area (Å²) >= 11 is 0. The molecule has 0 amide bonds. The van der Waals surface area contributed by atoms with Crippen LogP contribution in [0.4, 0.5) is 0 Å². The van der Waals surface area contributed by atoms with Crippen molar-refractivity contribution in [3.05, 3.63) is 35.4 Å². The van der Waals surface area contributed by atoms with Crippen molar-refractivity contribution in [1.29, 1.82) is 0 Å². The van der Waals surface area contributed by atoms with Crippen LogP contribution in [0.2, 0.25) is 0 Å². The van der Waals surface area contributed by atoms with Gasteiger partial charge in [-0.25, -0.2) is 0 Å². The van der Waals surface area contributed by atoms with Gasteiger partial charge in [-0.3, -0.25) is 0 Å². The summed E-state index contributed by atoms with van der Waals surface area (Å²) in [5.41, 5.74) is 8.64. The van der Waals surface area contributed by atoms with Gasteiger partial charge in [0.25, 0.3) is 0 Å². The Kier molecular flexibility index (Phi) is 3.39. The Labute approximate surface area is 92.1 Å². The van der Waals surface area contributed by atoms with Gasteiger partial charge in [0.2, 0.25) is 0 Å². The Morgan fingerprint density at radius 2 is 2.07 bits per heavy atom. The Morgan fingerprint density at radius 1 is 1.33 bits per heavy atom. The second-order valence-electron chi connectivity index (χ2n) is 4.58. The third-order valence-electron chi connectivity index (χ3n) is 3.15. The predicted molar refractivity (Wildman–Crippen MR) is 63.9 cm³/mol. The van der Waals surface area contributed by atoms with E-state index in [4.69, 9.17) is 5.73 Å². The summed E-state index contributed by atoms with van der Waals surface area (Å²) in [6.07, 6.45) is 2.31. The topological polar surface area (TPSA) is 29.3 Å². The van der Waals surface area contributed by atoms with Gasteiger partial charge in [-0.2, -0.15) is 0 Å². The summed E-state index contributed by atoms with van der Waals surface area (Å²) in [5, 5.41) is 0. The third-order valence-corrected chi connectivity index (χ3v) is 3.15. The second-order valence-corrected chi connectivity index (χ2v) is 4.58. The molecular formula is C13H20N2. The standard InChI is InChI=1S/C13H20N2/c1-11-2-4-12(5-3-11)6-8-15-9-7-13(14)10-15/h2-5,13H,6-10,14H2,1H3/t13-/m0/s1. The molecule has 2 rings (SSSR count). The maximum absolute atomic E-state index is 5.87. The number of benzene rings is 1. The van der Waals surface area contributed by atoms with E-state index in [1.54, 1.807) is 0 Å². The number of nitrogens with two attached hydrogens (primary N) is 1. The van der Waals surface area contributed by atoms with E-state index in [0.29, 0.717) is 6.04 Å². The molecule has 1 fully saturated rings. The first kappa shape index (κ1) is 10.7. The molecule has 1 aliphatic heterocycles. The van der Waals surface area contributed by atoms with Gasteiger partial charge in [0.1, 0.15) is 0 Å². The normalized spacial score (nSPS) is 22.1. The average molecular weight is 204 g/mol. The maximum Gasteiger partial charge on any atom is 0.0180 e. The summed E-state index contributed by atoms with van der Waals surface area (Å²) in [7, 11) is 0. The largest absolute Gasteiger partial charge is 0.326 e. The van der Waals surface area contributed by atoms with E-state index in [9.17, 15) is 0 Å². The van der Waals surface area contributed by atoms with Crippen molar-refractivity contribution in [2.24, 2.45) is 5.73 Å². The van der Waals surface area contributed by atoms with Crippen LogP contribution >= 0.6 is 0 Å². The molecule has 1 aromatic rings. The maximum atomic E-state index is 5.87. The van der Waals surface area contributed by atoms with Gasteiger partial charge in [-0.05, 0) is 31.9 Å². The zero-order valence-electron chi connectivity index (χ0n) is 9.45. The quantitative estimate of drug-likeness (QED) is 0.810. The van der Waals surface area contributed by atoms with E-state index in [2.05, 4.69) is 36.1 Å². The highest BCUT2D eigenvalue weighted by Crippen LogP contribution is 2.09. The molecule has 15 heavy (non-hydrogen) atoms. The van der Waals surface area contributed by atoms with E-state index < -0.39 is 0 Å². The van der Waals surface area contributed by atoms with Gasteiger partial charge in [0, 0.05) is 19.1 Å². The number of rotatable bonds is 3. The number of aryl methyl sites for hydroxylation is 1. The van der Waals surface area contributed by atoms with E-state index in [1.807, 2.05) is 0 Å². The summed E-state index contributed by atoms with van der Waals surface area (Å²) < 4.78 is 0. The molecule has 1 aliphatic rings. The fourth-order valence-corrected chi connectivity index (χ4v) is 2.11. The van der Waals surface area contributed by atoms with Crippen LogP contribution in [0.15, 0.2) is 24.3 Å². The number of nitrogens with zero attached hydrogens (tertiary/aromatic N) is 1. The van der Waals surface area contributed by atoms with Gasteiger partial charge in [-0.1, -0.05) is 29.8 Å². The van der Waals surface area contributed by atoms with Crippen LogP contribution in [-0.2, 0) is 6.42 Å². The Bertz CT molecular complexity index is 305. The molecule has 1 saturated heterocycles. The van der Waals surface area contributed by atoms with Crippen LogP contribution < -0.4 is 5.73 Å². The minimum absolute atomic E-state index is 0.406. The SMILES string of the molecule is Cc1ccc(CCN2CC[C@H](N)C2)cc1. The van der Waals surface area contributed by atoms with Crippen LogP contribution in [0.5, 0.6) is 0 Å². The zero-order valence-corrected chi connectivity index (χ0v) is 9.45. The summed E-state index contributed by atoms with van der Waals surface area (Å²) in [6, 6.07) is 9.23. The van der Waals surface area contributed by atoms with Crippen molar-refractivity contribution in [3.63, 3.8) is 0 Å². The first-order valence-corrected chi connectivity index (χ1v) is 5.77. The van der Waals surface area contributed by atoms with Crippen molar-refractivity contribution in [1.82, 2.24) is 4.90 Å². The highest BCUT2D eigenvalue weighted by molar-refractivity contribution is 5.21. The lowest BCUT2D eigenvalue weighted by atomic mass is 10.1. The van der Waals surface area contributed by atoms with Crippen molar-refractivity contribution in [2.45, 2.75) is 25.8 Å². The fraction of sp³-hybridized carbons (Fsp3) is 0.538. The van der Waals surface area contributed by atoms with Gasteiger partial charge >= 0.3 is 0 Å². The molecule has 1 heterocycles. The molecule has 82 valence electrons. The third kappa shape index (κ3) is 3.05. The second kappa shape index (κ2) is 4.77. The van der Waals surface area contributed by atoms with Crippen LogP contribution in [0.3, 0.4) is 0 Å².